The number of hydrogen-bond acceptors (Lipinski definition) is 4. The van der Waals surface area contributed by atoms with Crippen molar-refractivity contribution < 1.29 is 9.53 Å². The van der Waals surface area contributed by atoms with Gasteiger partial charge in [-0.2, -0.15) is 4.98 Å². The van der Waals surface area contributed by atoms with E-state index in [4.69, 9.17) is 39.5 Å². The predicted octanol–water partition coefficient (Wildman–Crippen LogP) is 4.32. The van der Waals surface area contributed by atoms with Gasteiger partial charge in [0.05, 0.1) is 0 Å². The largest absolute Gasteiger partial charge is 0.437 e. The van der Waals surface area contributed by atoms with Crippen molar-refractivity contribution in [3.8, 4) is 11.6 Å². The lowest BCUT2D eigenvalue weighted by atomic mass is 10.3. The Labute approximate surface area is 142 Å². The molecule has 2 aromatic rings. The van der Waals surface area contributed by atoms with Gasteiger partial charge in [0.15, 0.2) is 5.15 Å². The monoisotopic (exact) mass is 360 g/mol. The Hall–Kier alpha value is -1.76. The quantitative estimate of drug-likeness (QED) is 0.653. The maximum atomic E-state index is 11.5. The van der Waals surface area contributed by atoms with E-state index in [0.717, 1.165) is 0 Å². The number of amides is 2. The molecule has 0 unspecified atom stereocenters. The van der Waals surface area contributed by atoms with Gasteiger partial charge in [0.1, 0.15) is 10.8 Å². The molecule has 0 saturated heterocycles. The molecule has 1 heterocycles. The third-order valence-electron chi connectivity index (χ3n) is 2.48. The van der Waals surface area contributed by atoms with Crippen LogP contribution in [-0.4, -0.2) is 35.0 Å². The van der Waals surface area contributed by atoms with Gasteiger partial charge >= 0.3 is 6.03 Å². The molecule has 0 aliphatic carbocycles. The van der Waals surface area contributed by atoms with Crippen molar-refractivity contribution in [2.24, 2.45) is 0 Å². The normalized spacial score (nSPS) is 10.2. The second-order valence-electron chi connectivity index (χ2n) is 4.35. The van der Waals surface area contributed by atoms with Gasteiger partial charge < -0.3 is 15.0 Å². The molecule has 0 radical (unpaired) electrons. The van der Waals surface area contributed by atoms with Crippen LogP contribution in [0.1, 0.15) is 0 Å². The van der Waals surface area contributed by atoms with Crippen LogP contribution in [0.2, 0.25) is 15.5 Å². The van der Waals surface area contributed by atoms with Gasteiger partial charge in [-0.15, -0.1) is 0 Å². The van der Waals surface area contributed by atoms with Crippen LogP contribution < -0.4 is 10.1 Å². The third-order valence-corrected chi connectivity index (χ3v) is 3.36. The number of nitrogens with one attached hydrogen (secondary N) is 1. The summed E-state index contributed by atoms with van der Waals surface area (Å²) in [5, 5.41) is 2.70. The van der Waals surface area contributed by atoms with Gasteiger partial charge in [0, 0.05) is 19.8 Å². The number of hydrogen-bond donors (Lipinski definition) is 1. The van der Waals surface area contributed by atoms with Crippen LogP contribution in [0.4, 0.5) is 10.5 Å². The molecule has 0 saturated carbocycles. The summed E-state index contributed by atoms with van der Waals surface area (Å²) < 4.78 is 5.50. The van der Waals surface area contributed by atoms with E-state index in [1.54, 1.807) is 38.4 Å². The molecule has 6 nitrogen and oxygen atoms in total. The number of carbonyl (C=O) groups is 1. The van der Waals surface area contributed by atoms with Crippen molar-refractivity contribution in [2.45, 2.75) is 0 Å². The first-order valence-electron chi connectivity index (χ1n) is 6.01. The molecule has 2 rings (SSSR count). The second-order valence-corrected chi connectivity index (χ2v) is 5.43. The van der Waals surface area contributed by atoms with Gasteiger partial charge in [-0.3, -0.25) is 0 Å². The van der Waals surface area contributed by atoms with E-state index in [1.165, 1.54) is 4.90 Å². The average Bonchev–Trinajstić information content (AvgIpc) is 2.46. The first kappa shape index (κ1) is 16.6. The van der Waals surface area contributed by atoms with Crippen LogP contribution in [0, 0.1) is 0 Å². The number of anilines is 1. The van der Waals surface area contributed by atoms with E-state index in [9.17, 15) is 4.79 Å². The van der Waals surface area contributed by atoms with Crippen molar-refractivity contribution in [2.75, 3.05) is 19.4 Å². The summed E-state index contributed by atoms with van der Waals surface area (Å²) in [6, 6.07) is 6.41. The highest BCUT2D eigenvalue weighted by Crippen LogP contribution is 2.33. The van der Waals surface area contributed by atoms with Crippen LogP contribution in [0.5, 0.6) is 11.6 Å². The molecule has 0 spiro atoms. The Morgan fingerprint density at radius 2 is 1.77 bits per heavy atom. The molecule has 1 aromatic heterocycles. The second kappa shape index (κ2) is 7.00. The topological polar surface area (TPSA) is 67.4 Å². The Kier molecular flexibility index (Phi) is 5.28. The molecule has 1 aromatic carbocycles. The minimum absolute atomic E-state index is 0.00605. The lowest BCUT2D eigenvalue weighted by molar-refractivity contribution is 0.230. The average molecular weight is 362 g/mol. The summed E-state index contributed by atoms with van der Waals surface area (Å²) in [6.07, 6.45) is 0. The zero-order valence-corrected chi connectivity index (χ0v) is 13.9. The lowest BCUT2D eigenvalue weighted by Gasteiger charge is -2.12. The number of benzene rings is 1. The highest BCUT2D eigenvalue weighted by Gasteiger charge is 2.12. The highest BCUT2D eigenvalue weighted by molar-refractivity contribution is 6.42. The fourth-order valence-electron chi connectivity index (χ4n) is 1.40. The number of aromatic nitrogens is 2. The predicted molar refractivity (Wildman–Crippen MR) is 86.3 cm³/mol. The molecular weight excluding hydrogens is 351 g/mol. The molecule has 0 atom stereocenters. The zero-order valence-electron chi connectivity index (χ0n) is 11.6. The lowest BCUT2D eigenvalue weighted by Crippen LogP contribution is -2.27. The van der Waals surface area contributed by atoms with Gasteiger partial charge in [0.2, 0.25) is 11.2 Å². The van der Waals surface area contributed by atoms with Crippen LogP contribution in [-0.2, 0) is 0 Å². The Balaban J connectivity index is 2.13. The maximum absolute atomic E-state index is 11.5. The summed E-state index contributed by atoms with van der Waals surface area (Å²) in [4.78, 5) is 20.5. The number of nitrogens with zero attached hydrogens (tertiary/aromatic N) is 3. The summed E-state index contributed by atoms with van der Waals surface area (Å²) in [5.74, 6) is 0.507. The minimum Gasteiger partial charge on any atom is -0.437 e. The fraction of sp³-hybridized carbons (Fsp3) is 0.154. The molecule has 0 fully saturated rings. The summed E-state index contributed by atoms with van der Waals surface area (Å²) >= 11 is 17.4. The molecule has 9 heteroatoms. The molecule has 1 N–H and O–H groups in total. The van der Waals surface area contributed by atoms with E-state index in [1.807, 2.05) is 0 Å². The standard InChI is InChI=1S/C13H11Cl3N4O2/c1-20(2)13(21)17-7-3-5-8(6-4-7)22-11-9(14)10(15)18-12(16)19-11/h3-6H,1-2H3,(H,17,21). The number of rotatable bonds is 3. The first-order chi connectivity index (χ1) is 10.4. The Morgan fingerprint density at radius 1 is 1.14 bits per heavy atom. The molecule has 0 aliphatic rings. The third kappa shape index (κ3) is 4.13. The summed E-state index contributed by atoms with van der Waals surface area (Å²) in [6.45, 7) is 0. The van der Waals surface area contributed by atoms with Crippen molar-refractivity contribution in [1.29, 1.82) is 0 Å². The van der Waals surface area contributed by atoms with E-state index in [0.29, 0.717) is 11.4 Å². The first-order valence-corrected chi connectivity index (χ1v) is 7.15. The SMILES string of the molecule is CN(C)C(=O)Nc1ccc(Oc2nc(Cl)nc(Cl)c2Cl)cc1. The molecule has 0 bridgehead atoms. The van der Waals surface area contributed by atoms with Crippen molar-refractivity contribution in [3.05, 3.63) is 39.7 Å². The molecule has 22 heavy (non-hydrogen) atoms. The van der Waals surface area contributed by atoms with Crippen LogP contribution in [0.15, 0.2) is 24.3 Å². The Bertz CT molecular complexity index is 692. The molecular formula is C13H11Cl3N4O2. The number of carbonyl (C=O) groups excluding carboxylic acids is 1. The summed E-state index contributed by atoms with van der Waals surface area (Å²) in [5.41, 5.74) is 0.621. The van der Waals surface area contributed by atoms with Gasteiger partial charge in [-0.1, -0.05) is 23.2 Å². The fourth-order valence-corrected chi connectivity index (χ4v) is 1.89. The van der Waals surface area contributed by atoms with E-state index < -0.39 is 0 Å². The van der Waals surface area contributed by atoms with E-state index in [-0.39, 0.29) is 27.4 Å². The molecule has 0 aliphatic heterocycles. The number of ether oxygens (including phenoxy) is 1. The summed E-state index contributed by atoms with van der Waals surface area (Å²) in [7, 11) is 3.30. The minimum atomic E-state index is -0.230. The van der Waals surface area contributed by atoms with Crippen LogP contribution >= 0.6 is 34.8 Å². The maximum Gasteiger partial charge on any atom is 0.321 e. The smallest absolute Gasteiger partial charge is 0.321 e. The van der Waals surface area contributed by atoms with Crippen molar-refractivity contribution in [3.63, 3.8) is 0 Å². The molecule has 116 valence electrons. The highest BCUT2D eigenvalue weighted by atomic mass is 35.5. The van der Waals surface area contributed by atoms with Crippen LogP contribution in [0.3, 0.4) is 0 Å². The Morgan fingerprint density at radius 3 is 2.36 bits per heavy atom. The van der Waals surface area contributed by atoms with E-state index >= 15 is 0 Å². The zero-order chi connectivity index (χ0) is 16.3. The van der Waals surface area contributed by atoms with Gasteiger partial charge in [-0.25, -0.2) is 9.78 Å². The van der Waals surface area contributed by atoms with Crippen LogP contribution in [0.25, 0.3) is 0 Å². The van der Waals surface area contributed by atoms with Crippen molar-refractivity contribution >= 4 is 46.5 Å². The number of halogens is 3. The van der Waals surface area contributed by atoms with Gasteiger partial charge in [0.25, 0.3) is 0 Å². The van der Waals surface area contributed by atoms with Crippen molar-refractivity contribution in [1.82, 2.24) is 14.9 Å². The molecule has 2 amide bonds. The number of urea groups is 1. The van der Waals surface area contributed by atoms with E-state index in [2.05, 4.69) is 15.3 Å². The van der Waals surface area contributed by atoms with Gasteiger partial charge in [-0.05, 0) is 35.9 Å².